The summed E-state index contributed by atoms with van der Waals surface area (Å²) in [6.45, 7) is 6.27. The van der Waals surface area contributed by atoms with Crippen molar-refractivity contribution in [3.05, 3.63) is 17.0 Å². The van der Waals surface area contributed by atoms with Gasteiger partial charge in [-0.2, -0.15) is 10.1 Å². The molecule has 3 aromatic heterocycles. The quantitative estimate of drug-likeness (QED) is 0.770. The Morgan fingerprint density at radius 1 is 1.36 bits per heavy atom. The summed E-state index contributed by atoms with van der Waals surface area (Å²) in [5, 5.41) is 13.4. The third-order valence-corrected chi connectivity index (χ3v) is 4.61. The predicted molar refractivity (Wildman–Crippen MR) is 95.6 cm³/mol. The summed E-state index contributed by atoms with van der Waals surface area (Å²) < 4.78 is 9.69. The summed E-state index contributed by atoms with van der Waals surface area (Å²) in [7, 11) is 0. The SMILES string of the molecule is CCCCn1nc2c(c1C)Nc1ncc3c(Cl)nn(c3n1)CCCO2. The van der Waals surface area contributed by atoms with Crippen LogP contribution in [0.4, 0.5) is 11.6 Å². The molecule has 4 heterocycles. The van der Waals surface area contributed by atoms with Crippen LogP contribution in [0.2, 0.25) is 5.15 Å². The van der Waals surface area contributed by atoms with Gasteiger partial charge in [0.25, 0.3) is 5.88 Å². The number of anilines is 2. The second-order valence-electron chi connectivity index (χ2n) is 6.11. The van der Waals surface area contributed by atoms with Gasteiger partial charge in [-0.25, -0.2) is 9.67 Å². The van der Waals surface area contributed by atoms with Crippen molar-refractivity contribution in [2.24, 2.45) is 0 Å². The van der Waals surface area contributed by atoms with Gasteiger partial charge in [-0.1, -0.05) is 24.9 Å². The van der Waals surface area contributed by atoms with Gasteiger partial charge < -0.3 is 10.1 Å². The Morgan fingerprint density at radius 3 is 3.08 bits per heavy atom. The molecule has 0 saturated carbocycles. The average Bonchev–Trinajstić information content (AvgIpc) is 3.07. The lowest BCUT2D eigenvalue weighted by Gasteiger charge is -2.07. The minimum absolute atomic E-state index is 0.420. The zero-order valence-electron chi connectivity index (χ0n) is 14.3. The fraction of sp³-hybridized carbons (Fsp3) is 0.500. The van der Waals surface area contributed by atoms with Crippen LogP contribution in [0.25, 0.3) is 11.0 Å². The van der Waals surface area contributed by atoms with E-state index in [1.807, 2.05) is 11.6 Å². The van der Waals surface area contributed by atoms with Crippen LogP contribution in [0.1, 0.15) is 31.9 Å². The summed E-state index contributed by atoms with van der Waals surface area (Å²) in [5.74, 6) is 1.07. The molecule has 0 amide bonds. The van der Waals surface area contributed by atoms with Crippen LogP contribution >= 0.6 is 11.6 Å². The molecule has 0 saturated heterocycles. The lowest BCUT2D eigenvalue weighted by Crippen LogP contribution is -2.07. The van der Waals surface area contributed by atoms with Crippen molar-refractivity contribution in [1.82, 2.24) is 29.5 Å². The van der Waals surface area contributed by atoms with E-state index in [-0.39, 0.29) is 0 Å². The smallest absolute Gasteiger partial charge is 0.257 e. The second kappa shape index (κ2) is 6.51. The fourth-order valence-electron chi connectivity index (χ4n) is 2.92. The standard InChI is InChI=1S/C16H20ClN7O/c1-3-4-6-23-10(2)12-15(22-23)25-8-5-7-24-14-11(13(17)21-24)9-18-16(19-12)20-14/h9H,3-8H2,1-2H3,(H,18,19,20). The molecule has 2 bridgehead atoms. The number of fused-ring (bicyclic) bond motifs is 2. The Labute approximate surface area is 150 Å². The first-order valence-corrected chi connectivity index (χ1v) is 8.91. The van der Waals surface area contributed by atoms with E-state index in [0.717, 1.165) is 48.2 Å². The second-order valence-corrected chi connectivity index (χ2v) is 6.47. The first kappa shape index (κ1) is 16.1. The normalized spacial score (nSPS) is 14.0. The largest absolute Gasteiger partial charge is 0.475 e. The van der Waals surface area contributed by atoms with E-state index >= 15 is 0 Å². The molecule has 132 valence electrons. The van der Waals surface area contributed by atoms with Crippen molar-refractivity contribution in [3.8, 4) is 5.88 Å². The number of ether oxygens (including phenoxy) is 1. The van der Waals surface area contributed by atoms with Gasteiger partial charge in [0.2, 0.25) is 5.95 Å². The summed E-state index contributed by atoms with van der Waals surface area (Å²) >= 11 is 6.18. The fourth-order valence-corrected chi connectivity index (χ4v) is 3.15. The van der Waals surface area contributed by atoms with E-state index in [2.05, 4.69) is 32.4 Å². The number of hydrogen-bond donors (Lipinski definition) is 1. The highest BCUT2D eigenvalue weighted by molar-refractivity contribution is 6.34. The van der Waals surface area contributed by atoms with Crippen LogP contribution in [-0.2, 0) is 13.1 Å². The van der Waals surface area contributed by atoms with Gasteiger partial charge in [0.1, 0.15) is 5.69 Å². The Morgan fingerprint density at radius 2 is 2.24 bits per heavy atom. The number of nitrogens with zero attached hydrogens (tertiary/aromatic N) is 6. The number of aryl methyl sites for hydroxylation is 2. The zero-order valence-corrected chi connectivity index (χ0v) is 15.0. The summed E-state index contributed by atoms with van der Waals surface area (Å²) in [6.07, 6.45) is 4.67. The topological polar surface area (TPSA) is 82.7 Å². The average molecular weight is 362 g/mol. The van der Waals surface area contributed by atoms with Gasteiger partial charge in [0.05, 0.1) is 17.7 Å². The summed E-state index contributed by atoms with van der Waals surface area (Å²) in [4.78, 5) is 8.96. The molecule has 3 aromatic rings. The lowest BCUT2D eigenvalue weighted by molar-refractivity contribution is 0.286. The third-order valence-electron chi connectivity index (χ3n) is 4.33. The van der Waals surface area contributed by atoms with E-state index in [1.165, 1.54) is 0 Å². The van der Waals surface area contributed by atoms with Crippen LogP contribution in [0.15, 0.2) is 6.20 Å². The van der Waals surface area contributed by atoms with Crippen LogP contribution in [0.3, 0.4) is 0 Å². The Bertz CT molecular complexity index is 917. The van der Waals surface area contributed by atoms with E-state index in [9.17, 15) is 0 Å². The molecule has 1 N–H and O–H groups in total. The van der Waals surface area contributed by atoms with Gasteiger partial charge in [-0.3, -0.25) is 4.68 Å². The molecular formula is C16H20ClN7O. The van der Waals surface area contributed by atoms with Gasteiger partial charge >= 0.3 is 0 Å². The van der Waals surface area contributed by atoms with Crippen molar-refractivity contribution in [2.75, 3.05) is 11.9 Å². The highest BCUT2D eigenvalue weighted by atomic mass is 35.5. The van der Waals surface area contributed by atoms with Gasteiger partial charge in [0, 0.05) is 25.7 Å². The number of unbranched alkanes of at least 4 members (excludes halogenated alkanes) is 1. The Hall–Kier alpha value is -2.35. The molecule has 1 aliphatic rings. The third kappa shape index (κ3) is 2.90. The van der Waals surface area contributed by atoms with Crippen molar-refractivity contribution in [3.63, 3.8) is 0 Å². The van der Waals surface area contributed by atoms with E-state index in [4.69, 9.17) is 16.3 Å². The molecule has 0 unspecified atom stereocenters. The molecule has 0 aliphatic carbocycles. The van der Waals surface area contributed by atoms with Crippen molar-refractivity contribution in [1.29, 1.82) is 0 Å². The van der Waals surface area contributed by atoms with Gasteiger partial charge in [0.15, 0.2) is 10.8 Å². The highest BCUT2D eigenvalue weighted by Gasteiger charge is 2.20. The molecule has 0 radical (unpaired) electrons. The minimum atomic E-state index is 0.420. The molecule has 4 rings (SSSR count). The maximum absolute atomic E-state index is 6.18. The number of aromatic nitrogens is 6. The van der Waals surface area contributed by atoms with Crippen LogP contribution < -0.4 is 10.1 Å². The molecule has 0 aromatic carbocycles. The molecule has 9 heteroatoms. The minimum Gasteiger partial charge on any atom is -0.475 e. The number of halogens is 1. The Kier molecular flexibility index (Phi) is 4.20. The van der Waals surface area contributed by atoms with Crippen molar-refractivity contribution >= 4 is 34.3 Å². The van der Waals surface area contributed by atoms with E-state index in [1.54, 1.807) is 10.9 Å². The van der Waals surface area contributed by atoms with E-state index < -0.39 is 0 Å². The maximum Gasteiger partial charge on any atom is 0.257 e. The molecule has 1 aliphatic heterocycles. The molecule has 0 atom stereocenters. The van der Waals surface area contributed by atoms with E-state index in [0.29, 0.717) is 30.1 Å². The van der Waals surface area contributed by atoms with Crippen LogP contribution in [-0.4, -0.2) is 36.1 Å². The maximum atomic E-state index is 6.18. The number of nitrogens with one attached hydrogen (secondary N) is 1. The predicted octanol–water partition coefficient (Wildman–Crippen LogP) is 3.31. The monoisotopic (exact) mass is 361 g/mol. The molecular weight excluding hydrogens is 342 g/mol. The zero-order chi connectivity index (χ0) is 17.4. The summed E-state index contributed by atoms with van der Waals surface area (Å²) in [6, 6.07) is 0. The molecule has 0 spiro atoms. The highest BCUT2D eigenvalue weighted by Crippen LogP contribution is 2.31. The van der Waals surface area contributed by atoms with Crippen LogP contribution in [0, 0.1) is 6.92 Å². The molecule has 0 fully saturated rings. The summed E-state index contributed by atoms with van der Waals surface area (Å²) in [5.41, 5.74) is 2.55. The first-order valence-electron chi connectivity index (χ1n) is 8.53. The molecule has 8 nitrogen and oxygen atoms in total. The lowest BCUT2D eigenvalue weighted by atomic mass is 10.3. The number of rotatable bonds is 3. The van der Waals surface area contributed by atoms with Gasteiger partial charge in [-0.05, 0) is 13.3 Å². The van der Waals surface area contributed by atoms with Crippen molar-refractivity contribution in [2.45, 2.75) is 46.2 Å². The Balaban J connectivity index is 1.77. The first-order chi connectivity index (χ1) is 12.2. The van der Waals surface area contributed by atoms with Crippen LogP contribution in [0.5, 0.6) is 5.88 Å². The van der Waals surface area contributed by atoms with Gasteiger partial charge in [-0.15, -0.1) is 5.10 Å². The number of hydrogen-bond acceptors (Lipinski definition) is 6. The molecule has 25 heavy (non-hydrogen) atoms. The van der Waals surface area contributed by atoms with Crippen molar-refractivity contribution < 1.29 is 4.74 Å².